The van der Waals surface area contributed by atoms with Crippen LogP contribution >= 0.6 is 11.3 Å². The van der Waals surface area contributed by atoms with Gasteiger partial charge in [0.05, 0.1) is 10.9 Å². The van der Waals surface area contributed by atoms with E-state index < -0.39 is 0 Å². The Kier molecular flexibility index (Phi) is 3.24. The van der Waals surface area contributed by atoms with E-state index in [1.54, 1.807) is 11.3 Å². The number of rotatable bonds is 4. The van der Waals surface area contributed by atoms with Gasteiger partial charge in [-0.05, 0) is 20.8 Å². The highest BCUT2D eigenvalue weighted by Gasteiger charge is 2.08. The Morgan fingerprint density at radius 2 is 2.12 bits per heavy atom. The van der Waals surface area contributed by atoms with E-state index in [1.165, 1.54) is 0 Å². The minimum Gasteiger partial charge on any atom is -0.367 e. The summed E-state index contributed by atoms with van der Waals surface area (Å²) in [5, 5.41) is 11.7. The third-order valence-electron chi connectivity index (χ3n) is 2.10. The Morgan fingerprint density at radius 1 is 1.31 bits per heavy atom. The Labute approximate surface area is 99.1 Å². The minimum atomic E-state index is 0.368. The molecule has 0 bridgehead atoms. The van der Waals surface area contributed by atoms with E-state index >= 15 is 0 Å². The third-order valence-corrected chi connectivity index (χ3v) is 2.83. The molecule has 2 rings (SSSR count). The smallest absolute Gasteiger partial charge is 0.225 e. The molecule has 2 aromatic rings. The van der Waals surface area contributed by atoms with Gasteiger partial charge in [-0.15, -0.1) is 11.3 Å². The predicted octanol–water partition coefficient (Wildman–Crippen LogP) is 2.94. The molecule has 0 saturated heterocycles. The van der Waals surface area contributed by atoms with Crippen LogP contribution in [0.3, 0.4) is 0 Å². The molecule has 0 radical (unpaired) electrons. The van der Waals surface area contributed by atoms with Gasteiger partial charge in [0.2, 0.25) is 5.95 Å². The molecule has 0 fully saturated rings. The zero-order chi connectivity index (χ0) is 11.5. The first-order valence-electron chi connectivity index (χ1n) is 5.45. The van der Waals surface area contributed by atoms with Crippen molar-refractivity contribution in [2.45, 2.75) is 26.8 Å². The summed E-state index contributed by atoms with van der Waals surface area (Å²) in [5.74, 6) is 1.61. The van der Waals surface area contributed by atoms with Crippen molar-refractivity contribution in [1.82, 2.24) is 9.97 Å². The van der Waals surface area contributed by atoms with Crippen molar-refractivity contribution in [3.63, 3.8) is 0 Å². The minimum absolute atomic E-state index is 0.368. The van der Waals surface area contributed by atoms with Crippen molar-refractivity contribution in [1.29, 1.82) is 0 Å². The molecular formula is C11H16N4S. The SMILES string of the molecule is CCNc1nc(NC(C)C)c2cscc2n1. The van der Waals surface area contributed by atoms with Gasteiger partial charge in [-0.1, -0.05) is 0 Å². The van der Waals surface area contributed by atoms with E-state index in [2.05, 4.69) is 39.8 Å². The summed E-state index contributed by atoms with van der Waals surface area (Å²) < 4.78 is 0. The number of anilines is 2. The topological polar surface area (TPSA) is 49.8 Å². The largest absolute Gasteiger partial charge is 0.367 e. The van der Waals surface area contributed by atoms with Gasteiger partial charge in [0.1, 0.15) is 5.82 Å². The zero-order valence-corrected chi connectivity index (χ0v) is 10.6. The van der Waals surface area contributed by atoms with Crippen LogP contribution in [0.4, 0.5) is 11.8 Å². The second-order valence-electron chi connectivity index (χ2n) is 3.90. The molecule has 0 saturated carbocycles. The Bertz CT molecular complexity index is 478. The first kappa shape index (κ1) is 11.1. The quantitative estimate of drug-likeness (QED) is 0.857. The fourth-order valence-electron chi connectivity index (χ4n) is 1.48. The van der Waals surface area contributed by atoms with Gasteiger partial charge in [-0.25, -0.2) is 4.98 Å². The maximum absolute atomic E-state index is 4.48. The molecule has 5 heteroatoms. The molecule has 0 aromatic carbocycles. The Hall–Kier alpha value is -1.36. The van der Waals surface area contributed by atoms with E-state index in [0.29, 0.717) is 12.0 Å². The van der Waals surface area contributed by atoms with Gasteiger partial charge in [0.15, 0.2) is 0 Å². The zero-order valence-electron chi connectivity index (χ0n) is 9.74. The van der Waals surface area contributed by atoms with Crippen LogP contribution in [-0.4, -0.2) is 22.6 Å². The average Bonchev–Trinajstić information content (AvgIpc) is 2.65. The molecule has 0 unspecified atom stereocenters. The monoisotopic (exact) mass is 236 g/mol. The Morgan fingerprint density at radius 3 is 2.81 bits per heavy atom. The van der Waals surface area contributed by atoms with Gasteiger partial charge in [-0.2, -0.15) is 4.98 Å². The number of hydrogen-bond acceptors (Lipinski definition) is 5. The lowest BCUT2D eigenvalue weighted by atomic mass is 10.3. The summed E-state index contributed by atoms with van der Waals surface area (Å²) >= 11 is 1.65. The summed E-state index contributed by atoms with van der Waals surface area (Å²) in [6, 6.07) is 0.368. The molecule has 0 aliphatic heterocycles. The molecule has 4 nitrogen and oxygen atoms in total. The molecule has 0 spiro atoms. The molecule has 2 heterocycles. The maximum atomic E-state index is 4.48. The van der Waals surface area contributed by atoms with Crippen LogP contribution in [0.25, 0.3) is 10.9 Å². The van der Waals surface area contributed by atoms with Crippen molar-refractivity contribution in [2.75, 3.05) is 17.2 Å². The van der Waals surface area contributed by atoms with Crippen LogP contribution in [0.5, 0.6) is 0 Å². The average molecular weight is 236 g/mol. The van der Waals surface area contributed by atoms with Gasteiger partial charge < -0.3 is 10.6 Å². The molecule has 86 valence electrons. The summed E-state index contributed by atoms with van der Waals surface area (Å²) in [6.45, 7) is 7.08. The fraction of sp³-hybridized carbons (Fsp3) is 0.455. The lowest BCUT2D eigenvalue weighted by Gasteiger charge is -2.11. The Balaban J connectivity index is 2.46. The molecule has 16 heavy (non-hydrogen) atoms. The molecule has 0 aliphatic rings. The maximum Gasteiger partial charge on any atom is 0.225 e. The molecule has 0 amide bonds. The predicted molar refractivity (Wildman–Crippen MR) is 70.3 cm³/mol. The van der Waals surface area contributed by atoms with Crippen molar-refractivity contribution in [3.8, 4) is 0 Å². The summed E-state index contributed by atoms with van der Waals surface area (Å²) in [6.07, 6.45) is 0. The van der Waals surface area contributed by atoms with Gasteiger partial charge in [-0.3, -0.25) is 0 Å². The molecule has 2 N–H and O–H groups in total. The highest BCUT2D eigenvalue weighted by atomic mass is 32.1. The lowest BCUT2D eigenvalue weighted by Crippen LogP contribution is -2.13. The number of thiophene rings is 1. The third kappa shape index (κ3) is 2.24. The van der Waals surface area contributed by atoms with Crippen molar-refractivity contribution >= 4 is 34.0 Å². The standard InChI is InChI=1S/C11H16N4S/c1-4-12-11-14-9-6-16-5-8(9)10(15-11)13-7(2)3/h5-7H,4H2,1-3H3,(H2,12,13,14,15). The highest BCUT2D eigenvalue weighted by molar-refractivity contribution is 7.09. The van der Waals surface area contributed by atoms with Crippen LogP contribution in [0.2, 0.25) is 0 Å². The lowest BCUT2D eigenvalue weighted by molar-refractivity contribution is 0.890. The number of fused-ring (bicyclic) bond motifs is 1. The van der Waals surface area contributed by atoms with Crippen LogP contribution in [0, 0.1) is 0 Å². The summed E-state index contributed by atoms with van der Waals surface area (Å²) in [7, 11) is 0. The highest BCUT2D eigenvalue weighted by Crippen LogP contribution is 2.25. The van der Waals surface area contributed by atoms with Gasteiger partial charge in [0, 0.05) is 23.3 Å². The van der Waals surface area contributed by atoms with E-state index in [1.807, 2.05) is 12.3 Å². The molecule has 2 aromatic heterocycles. The second kappa shape index (κ2) is 4.65. The second-order valence-corrected chi connectivity index (χ2v) is 4.64. The van der Waals surface area contributed by atoms with Crippen molar-refractivity contribution < 1.29 is 0 Å². The first-order chi connectivity index (χ1) is 7.70. The van der Waals surface area contributed by atoms with E-state index in [0.717, 1.165) is 23.3 Å². The van der Waals surface area contributed by atoms with Gasteiger partial charge in [0.25, 0.3) is 0 Å². The molecular weight excluding hydrogens is 220 g/mol. The van der Waals surface area contributed by atoms with E-state index in [4.69, 9.17) is 0 Å². The fourth-order valence-corrected chi connectivity index (χ4v) is 2.22. The number of nitrogens with zero attached hydrogens (tertiary/aromatic N) is 2. The van der Waals surface area contributed by atoms with Crippen LogP contribution in [0.15, 0.2) is 10.8 Å². The summed E-state index contributed by atoms with van der Waals surface area (Å²) in [5.41, 5.74) is 0.999. The molecule has 0 aliphatic carbocycles. The van der Waals surface area contributed by atoms with Crippen LogP contribution < -0.4 is 10.6 Å². The number of nitrogens with one attached hydrogen (secondary N) is 2. The summed E-state index contributed by atoms with van der Waals surface area (Å²) in [4.78, 5) is 8.92. The van der Waals surface area contributed by atoms with Crippen molar-refractivity contribution in [2.24, 2.45) is 0 Å². The van der Waals surface area contributed by atoms with Gasteiger partial charge >= 0.3 is 0 Å². The van der Waals surface area contributed by atoms with E-state index in [9.17, 15) is 0 Å². The van der Waals surface area contributed by atoms with Crippen LogP contribution in [0.1, 0.15) is 20.8 Å². The van der Waals surface area contributed by atoms with Crippen molar-refractivity contribution in [3.05, 3.63) is 10.8 Å². The number of hydrogen-bond donors (Lipinski definition) is 2. The molecule has 0 atom stereocenters. The normalized spacial score (nSPS) is 11.0. The first-order valence-corrected chi connectivity index (χ1v) is 6.39. The van der Waals surface area contributed by atoms with E-state index in [-0.39, 0.29) is 0 Å². The van der Waals surface area contributed by atoms with Crippen LogP contribution in [-0.2, 0) is 0 Å². The number of aromatic nitrogens is 2.